The summed E-state index contributed by atoms with van der Waals surface area (Å²) in [6.07, 6.45) is 6.97. The Labute approximate surface area is 84.8 Å². The molecule has 1 saturated carbocycles. The summed E-state index contributed by atoms with van der Waals surface area (Å²) in [5.74, 6) is -0.351. The molecule has 80 valence electrons. The maximum atomic E-state index is 10.5. The number of hydrogen-bond donors (Lipinski definition) is 0. The molecule has 0 bridgehead atoms. The van der Waals surface area contributed by atoms with Crippen LogP contribution in [0.1, 0.15) is 45.4 Å². The number of hydrogen-bond acceptors (Lipinski definition) is 3. The average molecular weight is 198 g/mol. The quantitative estimate of drug-likeness (QED) is 0.637. The van der Waals surface area contributed by atoms with Crippen LogP contribution in [0.25, 0.3) is 0 Å². The minimum atomic E-state index is -0.376. The van der Waals surface area contributed by atoms with Crippen LogP contribution >= 0.6 is 0 Å². The first-order chi connectivity index (χ1) is 6.68. The predicted molar refractivity (Wildman–Crippen MR) is 51.9 cm³/mol. The van der Waals surface area contributed by atoms with Crippen LogP contribution in [0.2, 0.25) is 0 Å². The Morgan fingerprint density at radius 1 is 1.29 bits per heavy atom. The molecule has 1 saturated heterocycles. The monoisotopic (exact) mass is 198 g/mol. The summed E-state index contributed by atoms with van der Waals surface area (Å²) in [6.45, 7) is 2.52. The Hall–Kier alpha value is -0.410. The molecule has 1 heterocycles. The second kappa shape index (κ2) is 3.63. The first kappa shape index (κ1) is 10.1. The van der Waals surface area contributed by atoms with E-state index >= 15 is 0 Å². The van der Waals surface area contributed by atoms with Gasteiger partial charge >= 0.3 is 0 Å². The summed E-state index contributed by atoms with van der Waals surface area (Å²) in [5, 5.41) is 0. The lowest BCUT2D eigenvalue weighted by Gasteiger charge is -2.33. The summed E-state index contributed by atoms with van der Waals surface area (Å²) in [5.41, 5.74) is -0.376. The van der Waals surface area contributed by atoms with E-state index in [2.05, 4.69) is 0 Å². The predicted octanol–water partition coefficient (Wildman–Crippen LogP) is 2.04. The number of ether oxygens (including phenoxy) is 2. The maximum Gasteiger partial charge on any atom is 0.169 e. The van der Waals surface area contributed by atoms with Gasteiger partial charge in [0.25, 0.3) is 0 Å². The molecule has 2 aliphatic rings. The van der Waals surface area contributed by atoms with E-state index in [-0.39, 0.29) is 11.4 Å². The molecule has 0 amide bonds. The van der Waals surface area contributed by atoms with Crippen molar-refractivity contribution in [1.29, 1.82) is 0 Å². The molecule has 0 aromatic rings. The van der Waals surface area contributed by atoms with Crippen molar-refractivity contribution in [3.05, 3.63) is 0 Å². The van der Waals surface area contributed by atoms with Crippen molar-refractivity contribution in [2.24, 2.45) is 0 Å². The molecule has 0 aromatic heterocycles. The van der Waals surface area contributed by atoms with Crippen molar-refractivity contribution in [2.45, 2.75) is 56.8 Å². The second-order valence-corrected chi connectivity index (χ2v) is 4.68. The van der Waals surface area contributed by atoms with E-state index in [4.69, 9.17) is 9.47 Å². The molecule has 0 radical (unpaired) electrons. The highest BCUT2D eigenvalue weighted by Crippen LogP contribution is 2.42. The Kier molecular flexibility index (Phi) is 2.62. The third-order valence-electron chi connectivity index (χ3n) is 3.20. The van der Waals surface area contributed by atoms with E-state index in [9.17, 15) is 4.79 Å². The molecule has 3 nitrogen and oxygen atoms in total. The topological polar surface area (TPSA) is 35.5 Å². The van der Waals surface area contributed by atoms with E-state index < -0.39 is 0 Å². The molecule has 1 atom stereocenters. The van der Waals surface area contributed by atoms with Crippen LogP contribution in [-0.4, -0.2) is 24.3 Å². The summed E-state index contributed by atoms with van der Waals surface area (Å²) >= 11 is 0. The molecule has 2 fully saturated rings. The molecular formula is C11H18O3. The van der Waals surface area contributed by atoms with Crippen molar-refractivity contribution in [3.8, 4) is 0 Å². The van der Waals surface area contributed by atoms with E-state index in [1.54, 1.807) is 0 Å². The van der Waals surface area contributed by atoms with Gasteiger partial charge < -0.3 is 14.3 Å². The number of aldehydes is 1. The van der Waals surface area contributed by atoms with Gasteiger partial charge in [-0.05, 0) is 19.8 Å². The van der Waals surface area contributed by atoms with E-state index in [0.29, 0.717) is 13.0 Å². The highest BCUT2D eigenvalue weighted by atomic mass is 16.8. The fraction of sp³-hybridized carbons (Fsp3) is 0.909. The molecular weight excluding hydrogens is 180 g/mol. The second-order valence-electron chi connectivity index (χ2n) is 4.68. The first-order valence-electron chi connectivity index (χ1n) is 5.46. The van der Waals surface area contributed by atoms with Gasteiger partial charge in [-0.2, -0.15) is 0 Å². The van der Waals surface area contributed by atoms with Crippen molar-refractivity contribution >= 4 is 6.29 Å². The summed E-state index contributed by atoms with van der Waals surface area (Å²) < 4.78 is 11.7. The largest absolute Gasteiger partial charge is 0.347 e. The summed E-state index contributed by atoms with van der Waals surface area (Å²) in [6, 6.07) is 0. The molecule has 1 aliphatic heterocycles. The number of carbonyl (C=O) groups excluding carboxylic acids is 1. The van der Waals surface area contributed by atoms with E-state index in [0.717, 1.165) is 19.1 Å². The lowest BCUT2D eigenvalue weighted by atomic mass is 9.94. The van der Waals surface area contributed by atoms with E-state index in [1.165, 1.54) is 19.3 Å². The van der Waals surface area contributed by atoms with Gasteiger partial charge in [-0.3, -0.25) is 0 Å². The Bertz CT molecular complexity index is 221. The van der Waals surface area contributed by atoms with Crippen LogP contribution in [-0.2, 0) is 14.3 Å². The summed E-state index contributed by atoms with van der Waals surface area (Å²) in [4.78, 5) is 10.5. The normalized spacial score (nSPS) is 36.1. The third-order valence-corrected chi connectivity index (χ3v) is 3.20. The lowest BCUT2D eigenvalue weighted by molar-refractivity contribution is -0.202. The Morgan fingerprint density at radius 2 is 2.00 bits per heavy atom. The summed E-state index contributed by atoms with van der Waals surface area (Å²) in [7, 11) is 0. The van der Waals surface area contributed by atoms with Crippen LogP contribution < -0.4 is 0 Å². The third kappa shape index (κ3) is 1.84. The Balaban J connectivity index is 2.01. The van der Waals surface area contributed by atoms with Crippen LogP contribution in [0.4, 0.5) is 0 Å². The van der Waals surface area contributed by atoms with Crippen molar-refractivity contribution < 1.29 is 14.3 Å². The van der Waals surface area contributed by atoms with Gasteiger partial charge in [0, 0.05) is 19.3 Å². The molecule has 14 heavy (non-hydrogen) atoms. The minimum absolute atomic E-state index is 0.351. The molecule has 1 spiro atoms. The van der Waals surface area contributed by atoms with Gasteiger partial charge in [-0.1, -0.05) is 6.42 Å². The first-order valence-corrected chi connectivity index (χ1v) is 5.46. The van der Waals surface area contributed by atoms with Crippen molar-refractivity contribution in [2.75, 3.05) is 6.61 Å². The standard InChI is InChI=1S/C11H18O3/c1-10(7-8-12)9-13-11(14-10)5-3-2-4-6-11/h8H,2-7,9H2,1H3/t10-/m1/s1. The lowest BCUT2D eigenvalue weighted by Crippen LogP contribution is -2.36. The number of carbonyl (C=O) groups is 1. The zero-order chi connectivity index (χ0) is 10.1. The fourth-order valence-corrected chi connectivity index (χ4v) is 2.41. The Morgan fingerprint density at radius 3 is 2.64 bits per heavy atom. The van der Waals surface area contributed by atoms with Crippen LogP contribution in [0.15, 0.2) is 0 Å². The molecule has 1 aliphatic carbocycles. The maximum absolute atomic E-state index is 10.5. The van der Waals surface area contributed by atoms with Gasteiger partial charge in [-0.25, -0.2) is 0 Å². The number of rotatable bonds is 2. The molecule has 0 N–H and O–H groups in total. The van der Waals surface area contributed by atoms with Gasteiger partial charge in [0.05, 0.1) is 12.2 Å². The fourth-order valence-electron chi connectivity index (χ4n) is 2.41. The van der Waals surface area contributed by atoms with Gasteiger partial charge in [0.15, 0.2) is 5.79 Å². The van der Waals surface area contributed by atoms with Crippen LogP contribution in [0.5, 0.6) is 0 Å². The molecule has 0 unspecified atom stereocenters. The molecule has 2 rings (SSSR count). The molecule has 0 aromatic carbocycles. The van der Waals surface area contributed by atoms with Gasteiger partial charge in [0.1, 0.15) is 6.29 Å². The SMILES string of the molecule is C[C@@]1(CC=O)COC2(CCCCC2)O1. The highest BCUT2D eigenvalue weighted by Gasteiger charge is 2.47. The average Bonchev–Trinajstić information content (AvgIpc) is 2.46. The zero-order valence-corrected chi connectivity index (χ0v) is 8.75. The minimum Gasteiger partial charge on any atom is -0.347 e. The zero-order valence-electron chi connectivity index (χ0n) is 8.75. The van der Waals surface area contributed by atoms with Crippen LogP contribution in [0, 0.1) is 0 Å². The van der Waals surface area contributed by atoms with Crippen LogP contribution in [0.3, 0.4) is 0 Å². The van der Waals surface area contributed by atoms with Crippen molar-refractivity contribution in [3.63, 3.8) is 0 Å². The smallest absolute Gasteiger partial charge is 0.169 e. The highest BCUT2D eigenvalue weighted by molar-refractivity contribution is 5.51. The van der Waals surface area contributed by atoms with Gasteiger partial charge in [0.2, 0.25) is 0 Å². The molecule has 3 heteroatoms. The van der Waals surface area contributed by atoms with Gasteiger partial charge in [-0.15, -0.1) is 0 Å². The van der Waals surface area contributed by atoms with Crippen molar-refractivity contribution in [1.82, 2.24) is 0 Å². The van der Waals surface area contributed by atoms with E-state index in [1.807, 2.05) is 6.92 Å².